The molecule has 1 aromatic heterocycles. The Balaban J connectivity index is 1.81. The number of nitrogens with one attached hydrogen (secondary N) is 1. The third-order valence-corrected chi connectivity index (χ3v) is 3.95. The number of rotatable bonds is 3. The molecule has 2 heterocycles. The molecule has 0 atom stereocenters. The molecule has 0 bridgehead atoms. The number of aromatic nitrogens is 2. The monoisotopic (exact) mass is 316 g/mol. The number of likely N-dealkylation sites (tertiary alicyclic amines) is 1. The summed E-state index contributed by atoms with van der Waals surface area (Å²) in [5, 5.41) is 3.76. The molecule has 3 rings (SSSR count). The maximum Gasteiger partial charge on any atom is 0.272 e. The van der Waals surface area contributed by atoms with Crippen molar-refractivity contribution in [2.75, 3.05) is 18.4 Å². The number of nitrogens with zero attached hydrogens (tertiary/aromatic N) is 3. The molecule has 2 aromatic rings. The van der Waals surface area contributed by atoms with E-state index in [1.807, 2.05) is 30.0 Å². The largest absolute Gasteiger partial charge is 0.337 e. The fourth-order valence-electron chi connectivity index (χ4n) is 2.47. The van der Waals surface area contributed by atoms with Crippen LogP contribution in [-0.4, -0.2) is 33.9 Å². The Bertz CT molecular complexity index is 698. The van der Waals surface area contributed by atoms with Crippen molar-refractivity contribution in [3.63, 3.8) is 0 Å². The van der Waals surface area contributed by atoms with Crippen molar-refractivity contribution < 1.29 is 4.79 Å². The van der Waals surface area contributed by atoms with Crippen LogP contribution in [0.15, 0.2) is 30.5 Å². The molecular formula is C16H17ClN4O. The number of amides is 1. The fourth-order valence-corrected chi connectivity index (χ4v) is 2.64. The van der Waals surface area contributed by atoms with Crippen LogP contribution in [0, 0.1) is 6.92 Å². The second-order valence-corrected chi connectivity index (χ2v) is 5.79. The lowest BCUT2D eigenvalue weighted by molar-refractivity contribution is 0.0787. The summed E-state index contributed by atoms with van der Waals surface area (Å²) < 4.78 is 0. The van der Waals surface area contributed by atoms with E-state index in [1.165, 1.54) is 0 Å². The molecule has 5 nitrogen and oxygen atoms in total. The molecule has 1 aromatic carbocycles. The summed E-state index contributed by atoms with van der Waals surface area (Å²) in [5.41, 5.74) is 2.28. The summed E-state index contributed by atoms with van der Waals surface area (Å²) in [4.78, 5) is 22.7. The Morgan fingerprint density at radius 1 is 1.27 bits per heavy atom. The van der Waals surface area contributed by atoms with Gasteiger partial charge < -0.3 is 10.2 Å². The van der Waals surface area contributed by atoms with Gasteiger partial charge in [-0.3, -0.25) is 4.79 Å². The van der Waals surface area contributed by atoms with Gasteiger partial charge in [-0.05, 0) is 43.5 Å². The minimum absolute atomic E-state index is 0.0363. The molecule has 1 N–H and O–H groups in total. The van der Waals surface area contributed by atoms with Crippen molar-refractivity contribution in [3.8, 4) is 0 Å². The molecule has 1 saturated heterocycles. The average Bonchev–Trinajstić information content (AvgIpc) is 3.05. The van der Waals surface area contributed by atoms with E-state index in [2.05, 4.69) is 15.3 Å². The average molecular weight is 317 g/mol. The van der Waals surface area contributed by atoms with E-state index in [0.717, 1.165) is 37.2 Å². The van der Waals surface area contributed by atoms with E-state index in [1.54, 1.807) is 12.3 Å². The van der Waals surface area contributed by atoms with Gasteiger partial charge in [0.05, 0.1) is 0 Å². The van der Waals surface area contributed by atoms with E-state index in [-0.39, 0.29) is 5.91 Å². The lowest BCUT2D eigenvalue weighted by Gasteiger charge is -2.15. The van der Waals surface area contributed by atoms with Crippen LogP contribution in [-0.2, 0) is 0 Å². The van der Waals surface area contributed by atoms with Crippen LogP contribution in [0.2, 0.25) is 5.02 Å². The molecule has 6 heteroatoms. The minimum Gasteiger partial charge on any atom is -0.337 e. The fraction of sp³-hybridized carbons (Fsp3) is 0.312. The Morgan fingerprint density at radius 3 is 2.82 bits per heavy atom. The highest BCUT2D eigenvalue weighted by atomic mass is 35.5. The molecular weight excluding hydrogens is 300 g/mol. The van der Waals surface area contributed by atoms with Crippen LogP contribution < -0.4 is 5.32 Å². The maximum absolute atomic E-state index is 12.4. The first-order valence-electron chi connectivity index (χ1n) is 7.29. The van der Waals surface area contributed by atoms with Crippen molar-refractivity contribution in [3.05, 3.63) is 46.7 Å². The van der Waals surface area contributed by atoms with Crippen LogP contribution in [0.1, 0.15) is 28.9 Å². The van der Waals surface area contributed by atoms with Gasteiger partial charge in [0, 0.05) is 30.0 Å². The van der Waals surface area contributed by atoms with Gasteiger partial charge in [-0.25, -0.2) is 9.97 Å². The Kier molecular flexibility index (Phi) is 4.24. The van der Waals surface area contributed by atoms with E-state index >= 15 is 0 Å². The van der Waals surface area contributed by atoms with Crippen LogP contribution in [0.5, 0.6) is 0 Å². The van der Waals surface area contributed by atoms with Gasteiger partial charge in [-0.15, -0.1) is 0 Å². The lowest BCUT2D eigenvalue weighted by Crippen LogP contribution is -2.28. The minimum atomic E-state index is -0.0363. The molecule has 22 heavy (non-hydrogen) atoms. The van der Waals surface area contributed by atoms with E-state index in [9.17, 15) is 4.79 Å². The van der Waals surface area contributed by atoms with Gasteiger partial charge >= 0.3 is 0 Å². The molecule has 0 aliphatic carbocycles. The molecule has 1 fully saturated rings. The lowest BCUT2D eigenvalue weighted by atomic mass is 10.2. The molecule has 0 unspecified atom stereocenters. The van der Waals surface area contributed by atoms with Crippen LogP contribution in [0.4, 0.5) is 11.6 Å². The number of hydrogen-bond donors (Lipinski definition) is 1. The molecule has 1 aliphatic heterocycles. The summed E-state index contributed by atoms with van der Waals surface area (Å²) in [7, 11) is 0. The van der Waals surface area contributed by atoms with E-state index < -0.39 is 0 Å². The second kappa shape index (κ2) is 6.32. The zero-order chi connectivity index (χ0) is 15.5. The van der Waals surface area contributed by atoms with Crippen molar-refractivity contribution in [1.82, 2.24) is 14.9 Å². The quantitative estimate of drug-likeness (QED) is 0.942. The van der Waals surface area contributed by atoms with Crippen molar-refractivity contribution >= 4 is 29.1 Å². The van der Waals surface area contributed by atoms with Gasteiger partial charge in [0.15, 0.2) is 0 Å². The Hall–Kier alpha value is -2.14. The van der Waals surface area contributed by atoms with E-state index in [4.69, 9.17) is 11.6 Å². The van der Waals surface area contributed by atoms with Gasteiger partial charge in [-0.1, -0.05) is 17.7 Å². The van der Waals surface area contributed by atoms with Crippen molar-refractivity contribution in [1.29, 1.82) is 0 Å². The number of carbonyl (C=O) groups excluding carboxylic acids is 1. The van der Waals surface area contributed by atoms with Crippen molar-refractivity contribution in [2.24, 2.45) is 0 Å². The number of carbonyl (C=O) groups is 1. The summed E-state index contributed by atoms with van der Waals surface area (Å²) in [6.07, 6.45) is 3.71. The topological polar surface area (TPSA) is 58.1 Å². The highest BCUT2D eigenvalue weighted by Gasteiger charge is 2.20. The molecule has 0 saturated carbocycles. The molecule has 1 amide bonds. The number of anilines is 2. The SMILES string of the molecule is Cc1ccc(Cl)cc1Nc1nccc(C(=O)N2CCCC2)n1. The first-order valence-corrected chi connectivity index (χ1v) is 7.67. The summed E-state index contributed by atoms with van der Waals surface area (Å²) in [6.45, 7) is 3.58. The van der Waals surface area contributed by atoms with E-state index in [0.29, 0.717) is 16.7 Å². The Morgan fingerprint density at radius 2 is 2.05 bits per heavy atom. The zero-order valence-electron chi connectivity index (χ0n) is 12.3. The number of benzene rings is 1. The highest BCUT2D eigenvalue weighted by Crippen LogP contribution is 2.22. The first kappa shape index (κ1) is 14.8. The first-order chi connectivity index (χ1) is 10.6. The number of aryl methyl sites for hydroxylation is 1. The van der Waals surface area contributed by atoms with Gasteiger partial charge in [0.1, 0.15) is 5.69 Å². The third-order valence-electron chi connectivity index (χ3n) is 3.71. The predicted octanol–water partition coefficient (Wildman–Crippen LogP) is 3.42. The number of hydrogen-bond acceptors (Lipinski definition) is 4. The van der Waals surface area contributed by atoms with Gasteiger partial charge in [-0.2, -0.15) is 0 Å². The molecule has 0 radical (unpaired) electrons. The van der Waals surface area contributed by atoms with Crippen LogP contribution in [0.3, 0.4) is 0 Å². The second-order valence-electron chi connectivity index (χ2n) is 5.35. The van der Waals surface area contributed by atoms with Crippen molar-refractivity contribution in [2.45, 2.75) is 19.8 Å². The van der Waals surface area contributed by atoms with Crippen LogP contribution >= 0.6 is 11.6 Å². The maximum atomic E-state index is 12.4. The third kappa shape index (κ3) is 3.20. The predicted molar refractivity (Wildman–Crippen MR) is 86.6 cm³/mol. The smallest absolute Gasteiger partial charge is 0.272 e. The molecule has 0 spiro atoms. The van der Waals surface area contributed by atoms with Crippen LogP contribution in [0.25, 0.3) is 0 Å². The normalized spacial score (nSPS) is 14.2. The summed E-state index contributed by atoms with van der Waals surface area (Å²) in [5.74, 6) is 0.362. The standard InChI is InChI=1S/C16H17ClN4O/c1-11-4-5-12(17)10-14(11)20-16-18-7-6-13(19-16)15(22)21-8-2-3-9-21/h4-7,10H,2-3,8-9H2,1H3,(H,18,19,20). The highest BCUT2D eigenvalue weighted by molar-refractivity contribution is 6.30. The molecule has 114 valence electrons. The zero-order valence-corrected chi connectivity index (χ0v) is 13.1. The van der Waals surface area contributed by atoms with Gasteiger partial charge in [0.25, 0.3) is 5.91 Å². The summed E-state index contributed by atoms with van der Waals surface area (Å²) in [6, 6.07) is 7.21. The molecule has 1 aliphatic rings. The number of halogens is 1. The Labute approximate surface area is 134 Å². The van der Waals surface area contributed by atoms with Gasteiger partial charge in [0.2, 0.25) is 5.95 Å². The summed E-state index contributed by atoms with van der Waals surface area (Å²) >= 11 is 6.01.